The molecule has 0 radical (unpaired) electrons. The second kappa shape index (κ2) is 9.04. The van der Waals surface area contributed by atoms with Crippen molar-refractivity contribution in [3.63, 3.8) is 0 Å². The molecule has 1 amide bonds. The summed E-state index contributed by atoms with van der Waals surface area (Å²) in [5.74, 6) is -1.16. The third-order valence-electron chi connectivity index (χ3n) is 7.63. The van der Waals surface area contributed by atoms with Crippen molar-refractivity contribution in [3.8, 4) is 5.75 Å². The molecule has 4 rings (SSSR count). The smallest absolute Gasteiger partial charge is 0.304 e. The molecule has 2 aliphatic carbocycles. The van der Waals surface area contributed by atoms with Crippen LogP contribution in [0.3, 0.4) is 0 Å². The van der Waals surface area contributed by atoms with Crippen molar-refractivity contribution in [1.29, 1.82) is 0 Å². The molecular formula is C24H30N2O6S. The van der Waals surface area contributed by atoms with Crippen LogP contribution in [0.4, 0.5) is 5.13 Å². The number of carbonyl (C=O) groups excluding carboxylic acids is 1. The number of aliphatic carboxylic acids is 1. The molecule has 0 aliphatic heterocycles. The summed E-state index contributed by atoms with van der Waals surface area (Å²) in [5, 5.41) is 33.8. The molecule has 0 spiro atoms. The van der Waals surface area contributed by atoms with E-state index in [1.54, 1.807) is 12.1 Å². The number of nitrogens with zero attached hydrogens (tertiary/aromatic N) is 1. The van der Waals surface area contributed by atoms with Gasteiger partial charge in [0, 0.05) is 16.2 Å². The molecule has 1 fully saturated rings. The minimum atomic E-state index is -0.917. The van der Waals surface area contributed by atoms with Crippen LogP contribution < -0.4 is 10.1 Å². The number of ether oxygens (including phenoxy) is 1. The minimum absolute atomic E-state index is 0.0914. The molecule has 8 nitrogen and oxygen atoms in total. The molecule has 33 heavy (non-hydrogen) atoms. The number of fused-ring (bicyclic) bond motifs is 2. The fraction of sp³-hybridized carbons (Fsp3) is 0.542. The van der Waals surface area contributed by atoms with Gasteiger partial charge in [0.05, 0.1) is 24.8 Å². The number of aliphatic hydroxyl groups is 2. The zero-order chi connectivity index (χ0) is 23.8. The van der Waals surface area contributed by atoms with E-state index in [0.29, 0.717) is 35.8 Å². The number of hydrogen-bond donors (Lipinski definition) is 4. The first-order chi connectivity index (χ1) is 15.7. The Bertz CT molecular complexity index is 1030. The standard InChI is InChI=1S/C24H30N2O6S/c1-23-9-8-18(28)24(2,13-27)17(23)11-16-21(15(23)10-20(30)31)26-22(33-16)25-19(29)12-32-14-6-4-3-5-7-14/h3-7,15,17-18,27-28H,8-13H2,1-2H3,(H,30,31)(H,25,26,29)/t15-,17+,18-,23+,24+/m1/s1. The van der Waals surface area contributed by atoms with Gasteiger partial charge in [0.15, 0.2) is 11.7 Å². The van der Waals surface area contributed by atoms with Crippen LogP contribution in [0.25, 0.3) is 0 Å². The Morgan fingerprint density at radius 2 is 2.00 bits per heavy atom. The summed E-state index contributed by atoms with van der Waals surface area (Å²) < 4.78 is 5.49. The van der Waals surface area contributed by atoms with Crippen LogP contribution in [0.2, 0.25) is 0 Å². The van der Waals surface area contributed by atoms with E-state index >= 15 is 0 Å². The fourth-order valence-corrected chi connectivity index (χ4v) is 6.78. The van der Waals surface area contributed by atoms with Crippen molar-refractivity contribution in [3.05, 3.63) is 40.9 Å². The van der Waals surface area contributed by atoms with Crippen molar-refractivity contribution in [2.24, 2.45) is 16.7 Å². The number of amides is 1. The normalized spacial score (nSPS) is 30.7. The number of anilines is 1. The van der Waals surface area contributed by atoms with Crippen LogP contribution in [-0.2, 0) is 16.0 Å². The SMILES string of the molecule is C[C@]1(CO)[C@H]2Cc3sc(NC(=O)COc4ccccc4)nc3[C@@H](CC(=O)O)[C@]2(C)CC[C@H]1O. The Morgan fingerprint density at radius 3 is 2.67 bits per heavy atom. The van der Waals surface area contributed by atoms with E-state index in [1.807, 2.05) is 25.1 Å². The molecular weight excluding hydrogens is 444 g/mol. The number of hydrogen-bond acceptors (Lipinski definition) is 7. The third kappa shape index (κ3) is 4.37. The number of benzene rings is 1. The van der Waals surface area contributed by atoms with Gasteiger partial charge in [-0.2, -0.15) is 0 Å². The third-order valence-corrected chi connectivity index (χ3v) is 8.64. The molecule has 1 heterocycles. The Balaban J connectivity index is 1.59. The lowest BCUT2D eigenvalue weighted by atomic mass is 9.47. The molecule has 1 aromatic heterocycles. The van der Waals surface area contributed by atoms with E-state index in [2.05, 4.69) is 17.2 Å². The number of carbonyl (C=O) groups is 2. The fourth-order valence-electron chi connectivity index (χ4n) is 5.69. The summed E-state index contributed by atoms with van der Waals surface area (Å²) in [6.45, 7) is 3.59. The predicted molar refractivity (Wildman–Crippen MR) is 123 cm³/mol. The van der Waals surface area contributed by atoms with Gasteiger partial charge in [-0.1, -0.05) is 32.0 Å². The van der Waals surface area contributed by atoms with Crippen molar-refractivity contribution in [1.82, 2.24) is 4.98 Å². The second-order valence-electron chi connectivity index (χ2n) is 9.61. The first kappa shape index (κ1) is 23.7. The summed E-state index contributed by atoms with van der Waals surface area (Å²) >= 11 is 1.33. The highest BCUT2D eigenvalue weighted by atomic mass is 32.1. The average Bonchev–Trinajstić information content (AvgIpc) is 3.19. The zero-order valence-corrected chi connectivity index (χ0v) is 19.6. The van der Waals surface area contributed by atoms with Crippen molar-refractivity contribution in [2.45, 2.75) is 51.6 Å². The van der Waals surface area contributed by atoms with Gasteiger partial charge in [0.1, 0.15) is 5.75 Å². The molecule has 1 saturated carbocycles. The molecule has 4 N–H and O–H groups in total. The van der Waals surface area contributed by atoms with E-state index in [1.165, 1.54) is 11.3 Å². The number of aliphatic hydroxyl groups excluding tert-OH is 2. The number of para-hydroxylation sites is 1. The van der Waals surface area contributed by atoms with Crippen LogP contribution >= 0.6 is 11.3 Å². The van der Waals surface area contributed by atoms with Gasteiger partial charge < -0.3 is 20.1 Å². The Morgan fingerprint density at radius 1 is 1.27 bits per heavy atom. The maximum atomic E-state index is 12.4. The summed E-state index contributed by atoms with van der Waals surface area (Å²) in [5.41, 5.74) is -0.469. The molecule has 0 bridgehead atoms. The van der Waals surface area contributed by atoms with Crippen LogP contribution in [0.15, 0.2) is 30.3 Å². The molecule has 5 atom stereocenters. The lowest BCUT2D eigenvalue weighted by Gasteiger charge is -2.58. The van der Waals surface area contributed by atoms with Crippen LogP contribution in [0, 0.1) is 16.7 Å². The number of thiazole rings is 1. The maximum Gasteiger partial charge on any atom is 0.304 e. The Kier molecular flexibility index (Phi) is 6.48. The van der Waals surface area contributed by atoms with Gasteiger partial charge in [0.2, 0.25) is 0 Å². The molecule has 0 saturated heterocycles. The number of rotatable bonds is 7. The van der Waals surface area contributed by atoms with E-state index in [4.69, 9.17) is 4.74 Å². The monoisotopic (exact) mass is 474 g/mol. The molecule has 1 aromatic carbocycles. The van der Waals surface area contributed by atoms with Gasteiger partial charge in [-0.15, -0.1) is 11.3 Å². The number of carboxylic acids is 1. The van der Waals surface area contributed by atoms with E-state index in [9.17, 15) is 24.9 Å². The predicted octanol–water partition coefficient (Wildman–Crippen LogP) is 3.05. The van der Waals surface area contributed by atoms with Gasteiger partial charge in [-0.3, -0.25) is 14.9 Å². The van der Waals surface area contributed by atoms with E-state index < -0.39 is 22.9 Å². The van der Waals surface area contributed by atoms with Gasteiger partial charge >= 0.3 is 5.97 Å². The van der Waals surface area contributed by atoms with Crippen molar-refractivity contribution < 1.29 is 29.6 Å². The quantitative estimate of drug-likeness (QED) is 0.485. The second-order valence-corrected chi connectivity index (χ2v) is 10.7. The summed E-state index contributed by atoms with van der Waals surface area (Å²) in [6.07, 6.45) is 0.973. The lowest BCUT2D eigenvalue weighted by Crippen LogP contribution is -2.57. The Labute approximate surface area is 196 Å². The molecule has 2 aliphatic rings. The summed E-state index contributed by atoms with van der Waals surface area (Å²) in [6, 6.07) is 9.03. The summed E-state index contributed by atoms with van der Waals surface area (Å²) in [7, 11) is 0. The number of aromatic nitrogens is 1. The highest BCUT2D eigenvalue weighted by Crippen LogP contribution is 2.62. The Hall–Kier alpha value is -2.49. The maximum absolute atomic E-state index is 12.4. The van der Waals surface area contributed by atoms with Crippen LogP contribution in [0.5, 0.6) is 5.75 Å². The highest BCUT2D eigenvalue weighted by Gasteiger charge is 2.59. The molecule has 0 unspecified atom stereocenters. The number of nitrogens with one attached hydrogen (secondary N) is 1. The zero-order valence-electron chi connectivity index (χ0n) is 18.8. The van der Waals surface area contributed by atoms with Gasteiger partial charge in [0.25, 0.3) is 5.91 Å². The first-order valence-corrected chi connectivity index (χ1v) is 12.0. The molecule has 178 valence electrons. The number of carboxylic acid groups (broad SMARTS) is 1. The van der Waals surface area contributed by atoms with Gasteiger partial charge in [-0.25, -0.2) is 4.98 Å². The summed E-state index contributed by atoms with van der Waals surface area (Å²) in [4.78, 5) is 29.8. The van der Waals surface area contributed by atoms with E-state index in [0.717, 1.165) is 4.88 Å². The largest absolute Gasteiger partial charge is 0.484 e. The van der Waals surface area contributed by atoms with Crippen molar-refractivity contribution >= 4 is 28.3 Å². The van der Waals surface area contributed by atoms with Crippen LogP contribution in [-0.4, -0.2) is 51.5 Å². The van der Waals surface area contributed by atoms with Crippen molar-refractivity contribution in [2.75, 3.05) is 18.5 Å². The molecule has 9 heteroatoms. The first-order valence-electron chi connectivity index (χ1n) is 11.2. The van der Waals surface area contributed by atoms with Gasteiger partial charge in [-0.05, 0) is 42.7 Å². The minimum Gasteiger partial charge on any atom is -0.484 e. The lowest BCUT2D eigenvalue weighted by molar-refractivity contribution is -0.150. The molecule has 2 aromatic rings. The average molecular weight is 475 g/mol. The topological polar surface area (TPSA) is 129 Å². The van der Waals surface area contributed by atoms with Crippen LogP contribution in [0.1, 0.15) is 49.6 Å². The van der Waals surface area contributed by atoms with E-state index in [-0.39, 0.29) is 37.4 Å². The highest BCUT2D eigenvalue weighted by molar-refractivity contribution is 7.15.